The Balaban J connectivity index is 0.000000891. The molecular formula is C19H14O5. The van der Waals surface area contributed by atoms with E-state index in [1.165, 1.54) is 5.56 Å². The molecular weight excluding hydrogens is 308 g/mol. The Labute approximate surface area is 138 Å². The molecule has 0 bridgehead atoms. The molecule has 0 radical (unpaired) electrons. The SMILES string of the molecule is Cc1ccc(C#Cc2ccc(CC(=O)C(=O)O)cc2)cc1.O=C=O. The van der Waals surface area contributed by atoms with E-state index in [2.05, 4.69) is 11.8 Å². The summed E-state index contributed by atoms with van der Waals surface area (Å²) in [5, 5.41) is 8.56. The summed E-state index contributed by atoms with van der Waals surface area (Å²) in [7, 11) is 0. The van der Waals surface area contributed by atoms with Gasteiger partial charge in [-0.1, -0.05) is 41.7 Å². The van der Waals surface area contributed by atoms with E-state index in [-0.39, 0.29) is 12.6 Å². The van der Waals surface area contributed by atoms with Crippen molar-refractivity contribution in [3.63, 3.8) is 0 Å². The summed E-state index contributed by atoms with van der Waals surface area (Å²) in [6, 6.07) is 14.9. The van der Waals surface area contributed by atoms with Gasteiger partial charge >= 0.3 is 12.1 Å². The molecule has 2 aromatic rings. The van der Waals surface area contributed by atoms with Gasteiger partial charge in [0.25, 0.3) is 0 Å². The van der Waals surface area contributed by atoms with Gasteiger partial charge in [-0.05, 0) is 36.8 Å². The Hall–Kier alpha value is -3.48. The van der Waals surface area contributed by atoms with Gasteiger partial charge in [-0.25, -0.2) is 4.79 Å². The average Bonchev–Trinajstić information content (AvgIpc) is 2.56. The van der Waals surface area contributed by atoms with Crippen LogP contribution in [0.2, 0.25) is 0 Å². The average molecular weight is 322 g/mol. The molecule has 0 spiro atoms. The van der Waals surface area contributed by atoms with Gasteiger partial charge in [-0.15, -0.1) is 0 Å². The van der Waals surface area contributed by atoms with E-state index in [0.717, 1.165) is 11.1 Å². The van der Waals surface area contributed by atoms with Gasteiger partial charge in [0.1, 0.15) is 0 Å². The molecule has 0 unspecified atom stereocenters. The van der Waals surface area contributed by atoms with E-state index in [9.17, 15) is 9.59 Å². The third kappa shape index (κ3) is 6.52. The Morgan fingerprint density at radius 2 is 1.29 bits per heavy atom. The van der Waals surface area contributed by atoms with Crippen molar-refractivity contribution in [2.45, 2.75) is 13.3 Å². The predicted octanol–water partition coefficient (Wildman–Crippen LogP) is 2.01. The molecule has 0 heterocycles. The number of hydrogen-bond donors (Lipinski definition) is 1. The maximum Gasteiger partial charge on any atom is 0.373 e. The van der Waals surface area contributed by atoms with Gasteiger partial charge in [0.05, 0.1) is 0 Å². The number of rotatable bonds is 3. The number of aryl methyl sites for hydroxylation is 1. The van der Waals surface area contributed by atoms with Crippen LogP contribution in [-0.4, -0.2) is 23.0 Å². The first-order chi connectivity index (χ1) is 11.5. The number of carboxylic acids is 1. The number of hydrogen-bond acceptors (Lipinski definition) is 4. The summed E-state index contributed by atoms with van der Waals surface area (Å²) in [5.41, 5.74) is 3.61. The molecule has 0 atom stereocenters. The van der Waals surface area contributed by atoms with Gasteiger partial charge in [-0.2, -0.15) is 9.59 Å². The highest BCUT2D eigenvalue weighted by Gasteiger charge is 2.11. The van der Waals surface area contributed by atoms with Crippen molar-refractivity contribution in [2.24, 2.45) is 0 Å². The van der Waals surface area contributed by atoms with Gasteiger partial charge in [0, 0.05) is 17.5 Å². The Bertz CT molecular complexity index is 800. The van der Waals surface area contributed by atoms with Crippen LogP contribution >= 0.6 is 0 Å². The van der Waals surface area contributed by atoms with Crippen molar-refractivity contribution in [3.05, 3.63) is 70.8 Å². The first-order valence-electron chi connectivity index (χ1n) is 6.89. The van der Waals surface area contributed by atoms with E-state index in [4.69, 9.17) is 14.7 Å². The van der Waals surface area contributed by atoms with E-state index < -0.39 is 11.8 Å². The number of carboxylic acid groups (broad SMARTS) is 1. The van der Waals surface area contributed by atoms with Crippen LogP contribution in [-0.2, 0) is 25.6 Å². The fourth-order valence-electron chi connectivity index (χ4n) is 1.75. The summed E-state index contributed by atoms with van der Waals surface area (Å²) in [6.07, 6.45) is 0.154. The fourth-order valence-corrected chi connectivity index (χ4v) is 1.75. The van der Waals surface area contributed by atoms with E-state index in [1.807, 2.05) is 31.2 Å². The number of ketones is 1. The molecule has 0 aliphatic rings. The van der Waals surface area contributed by atoms with Crippen LogP contribution in [0.1, 0.15) is 22.3 Å². The lowest BCUT2D eigenvalue weighted by molar-refractivity contribution is -0.191. The molecule has 0 saturated heterocycles. The van der Waals surface area contributed by atoms with Gasteiger partial charge in [-0.3, -0.25) is 4.79 Å². The second-order valence-electron chi connectivity index (χ2n) is 4.80. The minimum absolute atomic E-state index is 0.0962. The number of carbonyl (C=O) groups is 2. The summed E-state index contributed by atoms with van der Waals surface area (Å²) < 4.78 is 0. The molecule has 2 rings (SSSR count). The molecule has 5 nitrogen and oxygen atoms in total. The van der Waals surface area contributed by atoms with Crippen molar-refractivity contribution < 1.29 is 24.3 Å². The second kappa shape index (κ2) is 9.52. The molecule has 0 aliphatic heterocycles. The summed E-state index contributed by atoms with van der Waals surface area (Å²) in [4.78, 5) is 37.8. The van der Waals surface area contributed by atoms with Crippen molar-refractivity contribution in [3.8, 4) is 11.8 Å². The smallest absolute Gasteiger partial charge is 0.373 e. The van der Waals surface area contributed by atoms with E-state index in [1.54, 1.807) is 24.3 Å². The monoisotopic (exact) mass is 322 g/mol. The fraction of sp³-hybridized carbons (Fsp3) is 0.105. The highest BCUT2D eigenvalue weighted by Crippen LogP contribution is 2.06. The molecule has 0 saturated carbocycles. The largest absolute Gasteiger partial charge is 0.475 e. The Kier molecular flexibility index (Phi) is 7.37. The summed E-state index contributed by atoms with van der Waals surface area (Å²) in [6.45, 7) is 2.02. The van der Waals surface area contributed by atoms with Crippen LogP contribution in [0.4, 0.5) is 0 Å². The third-order valence-electron chi connectivity index (χ3n) is 2.96. The molecule has 5 heteroatoms. The summed E-state index contributed by atoms with van der Waals surface area (Å²) >= 11 is 0. The zero-order valence-electron chi connectivity index (χ0n) is 12.9. The first kappa shape index (κ1) is 18.6. The van der Waals surface area contributed by atoms with Crippen LogP contribution in [0, 0.1) is 18.8 Å². The van der Waals surface area contributed by atoms with E-state index in [0.29, 0.717) is 5.56 Å². The van der Waals surface area contributed by atoms with Crippen LogP contribution < -0.4 is 0 Å². The standard InChI is InChI=1S/C18H14O3.CO2/c1-13-2-4-14(5-3-13)6-7-15-8-10-16(11-9-15)12-17(19)18(20)21;2-1-3/h2-5,8-11H,12H2,1H3,(H,20,21);. The van der Waals surface area contributed by atoms with Gasteiger partial charge in [0.15, 0.2) is 0 Å². The van der Waals surface area contributed by atoms with E-state index >= 15 is 0 Å². The lowest BCUT2D eigenvalue weighted by Gasteiger charge is -1.98. The Morgan fingerprint density at radius 1 is 0.875 bits per heavy atom. The number of carbonyl (C=O) groups excluding carboxylic acids is 3. The topological polar surface area (TPSA) is 88.5 Å². The van der Waals surface area contributed by atoms with Crippen LogP contribution in [0.15, 0.2) is 48.5 Å². The molecule has 24 heavy (non-hydrogen) atoms. The van der Waals surface area contributed by atoms with Crippen molar-refractivity contribution >= 4 is 17.9 Å². The molecule has 0 aromatic heterocycles. The maximum absolute atomic E-state index is 11.1. The van der Waals surface area contributed by atoms with Crippen LogP contribution in [0.25, 0.3) is 0 Å². The van der Waals surface area contributed by atoms with Crippen molar-refractivity contribution in [1.29, 1.82) is 0 Å². The number of aliphatic carboxylic acids is 1. The Morgan fingerprint density at radius 3 is 1.71 bits per heavy atom. The summed E-state index contributed by atoms with van der Waals surface area (Å²) in [5.74, 6) is 3.87. The van der Waals surface area contributed by atoms with Gasteiger partial charge in [0.2, 0.25) is 5.78 Å². The van der Waals surface area contributed by atoms with Gasteiger partial charge < -0.3 is 5.11 Å². The van der Waals surface area contributed by atoms with Crippen LogP contribution in [0.5, 0.6) is 0 Å². The predicted molar refractivity (Wildman–Crippen MR) is 85.0 cm³/mol. The molecule has 0 fully saturated rings. The highest BCUT2D eigenvalue weighted by atomic mass is 16.4. The molecule has 1 N–H and O–H groups in total. The third-order valence-corrected chi connectivity index (χ3v) is 2.96. The highest BCUT2D eigenvalue weighted by molar-refractivity contribution is 6.33. The lowest BCUT2D eigenvalue weighted by atomic mass is 10.1. The maximum atomic E-state index is 11.1. The molecule has 0 amide bonds. The second-order valence-corrected chi connectivity index (χ2v) is 4.80. The minimum atomic E-state index is -1.40. The number of benzene rings is 2. The van der Waals surface area contributed by atoms with Crippen molar-refractivity contribution in [2.75, 3.05) is 0 Å². The molecule has 120 valence electrons. The number of Topliss-reactive ketones (excluding diaryl/α,β-unsaturated/α-hetero) is 1. The first-order valence-corrected chi connectivity index (χ1v) is 6.89. The minimum Gasteiger partial charge on any atom is -0.475 e. The molecule has 0 aliphatic carbocycles. The van der Waals surface area contributed by atoms with Crippen molar-refractivity contribution in [1.82, 2.24) is 0 Å². The quantitative estimate of drug-likeness (QED) is 0.690. The molecule has 2 aromatic carbocycles. The zero-order chi connectivity index (χ0) is 17.9. The lowest BCUT2D eigenvalue weighted by Crippen LogP contribution is -2.14. The zero-order valence-corrected chi connectivity index (χ0v) is 12.9. The van der Waals surface area contributed by atoms with Crippen LogP contribution in [0.3, 0.4) is 0 Å². The normalized spacial score (nSPS) is 8.71.